The van der Waals surface area contributed by atoms with Gasteiger partial charge in [-0.15, -0.1) is 0 Å². The molecule has 126 valence electrons. The maximum atomic E-state index is 11.4. The summed E-state index contributed by atoms with van der Waals surface area (Å²) >= 11 is 0. The molecule has 1 aliphatic rings. The molecule has 2 rings (SSSR count). The largest absolute Gasteiger partial charge is 0.481 e. The summed E-state index contributed by atoms with van der Waals surface area (Å²) in [6.07, 6.45) is 3.16. The van der Waals surface area contributed by atoms with E-state index in [1.54, 1.807) is 6.07 Å². The smallest absolute Gasteiger partial charge is 0.303 e. The molecule has 0 saturated heterocycles. The van der Waals surface area contributed by atoms with Gasteiger partial charge in [-0.05, 0) is 43.5 Å². The van der Waals surface area contributed by atoms with Gasteiger partial charge in [0.1, 0.15) is 0 Å². The first kappa shape index (κ1) is 17.6. The summed E-state index contributed by atoms with van der Waals surface area (Å²) in [5, 5.41) is 8.65. The first-order valence-corrected chi connectivity index (χ1v) is 8.98. The molecule has 0 fully saturated rings. The van der Waals surface area contributed by atoms with Gasteiger partial charge in [-0.1, -0.05) is 19.8 Å². The SMILES string of the molecule is CC1=Nc2ccc(S(=O)(=O)O)cc2C1(C)CCCCCC(=O)O. The Bertz CT molecular complexity index is 754. The van der Waals surface area contributed by atoms with Gasteiger partial charge in [-0.3, -0.25) is 14.3 Å². The Labute approximate surface area is 136 Å². The molecule has 7 heteroatoms. The van der Waals surface area contributed by atoms with E-state index in [1.807, 2.05) is 13.8 Å². The van der Waals surface area contributed by atoms with Gasteiger partial charge in [0.2, 0.25) is 0 Å². The molecule has 1 aliphatic heterocycles. The normalized spacial score (nSPS) is 20.2. The van der Waals surface area contributed by atoms with Gasteiger partial charge < -0.3 is 5.11 Å². The highest BCUT2D eigenvalue weighted by Gasteiger charge is 2.37. The van der Waals surface area contributed by atoms with Crippen molar-refractivity contribution in [2.24, 2.45) is 4.99 Å². The van der Waals surface area contributed by atoms with Crippen LogP contribution in [-0.4, -0.2) is 29.8 Å². The molecule has 0 aliphatic carbocycles. The summed E-state index contributed by atoms with van der Waals surface area (Å²) in [5.41, 5.74) is 2.03. The van der Waals surface area contributed by atoms with Crippen LogP contribution in [0.25, 0.3) is 0 Å². The quantitative estimate of drug-likeness (QED) is 0.585. The van der Waals surface area contributed by atoms with Crippen LogP contribution in [-0.2, 0) is 20.3 Å². The van der Waals surface area contributed by atoms with E-state index in [2.05, 4.69) is 4.99 Å². The number of hydrogen-bond acceptors (Lipinski definition) is 4. The molecule has 2 N–H and O–H groups in total. The second-order valence-corrected chi connectivity index (χ2v) is 7.56. The van der Waals surface area contributed by atoms with Crippen LogP contribution >= 0.6 is 0 Å². The number of carboxylic acids is 1. The first-order chi connectivity index (χ1) is 10.6. The van der Waals surface area contributed by atoms with Gasteiger partial charge in [0.25, 0.3) is 10.1 Å². The molecule has 0 bridgehead atoms. The molecule has 0 amide bonds. The van der Waals surface area contributed by atoms with E-state index < -0.39 is 16.1 Å². The minimum absolute atomic E-state index is 0.127. The fourth-order valence-electron chi connectivity index (χ4n) is 2.96. The van der Waals surface area contributed by atoms with Gasteiger partial charge in [-0.25, -0.2) is 0 Å². The zero-order chi connectivity index (χ0) is 17.3. The maximum Gasteiger partial charge on any atom is 0.303 e. The average molecular weight is 339 g/mol. The number of fused-ring (bicyclic) bond motifs is 1. The van der Waals surface area contributed by atoms with E-state index in [4.69, 9.17) is 5.11 Å². The Morgan fingerprint density at radius 3 is 2.57 bits per heavy atom. The molecule has 0 radical (unpaired) electrons. The highest BCUT2D eigenvalue weighted by molar-refractivity contribution is 7.85. The van der Waals surface area contributed by atoms with Crippen LogP contribution in [0.5, 0.6) is 0 Å². The summed E-state index contributed by atoms with van der Waals surface area (Å²) in [6, 6.07) is 4.45. The number of nitrogens with zero attached hydrogens (tertiary/aromatic N) is 1. The summed E-state index contributed by atoms with van der Waals surface area (Å²) in [6.45, 7) is 3.91. The fourth-order valence-corrected chi connectivity index (χ4v) is 3.47. The minimum atomic E-state index is -4.25. The van der Waals surface area contributed by atoms with Crippen LogP contribution in [0.2, 0.25) is 0 Å². The van der Waals surface area contributed by atoms with Gasteiger partial charge in [0.15, 0.2) is 0 Å². The lowest BCUT2D eigenvalue weighted by atomic mass is 9.76. The Morgan fingerprint density at radius 1 is 1.26 bits per heavy atom. The highest BCUT2D eigenvalue weighted by Crippen LogP contribution is 2.44. The molecular formula is C16H21NO5S. The number of aliphatic imine (C=N–C) groups is 1. The molecule has 6 nitrogen and oxygen atoms in total. The van der Waals surface area contributed by atoms with Gasteiger partial charge >= 0.3 is 5.97 Å². The molecule has 1 aromatic carbocycles. The topological polar surface area (TPSA) is 104 Å². The Morgan fingerprint density at radius 2 is 1.96 bits per heavy atom. The van der Waals surface area contributed by atoms with E-state index in [0.717, 1.165) is 36.2 Å². The van der Waals surface area contributed by atoms with Crippen molar-refractivity contribution in [2.45, 2.75) is 56.3 Å². The fraction of sp³-hybridized carbons (Fsp3) is 0.500. The van der Waals surface area contributed by atoms with Crippen LogP contribution < -0.4 is 0 Å². The zero-order valence-corrected chi connectivity index (χ0v) is 14.1. The van der Waals surface area contributed by atoms with Crippen LogP contribution in [0.3, 0.4) is 0 Å². The van der Waals surface area contributed by atoms with Crippen LogP contribution in [0.4, 0.5) is 5.69 Å². The predicted molar refractivity (Wildman–Crippen MR) is 87.1 cm³/mol. The maximum absolute atomic E-state index is 11.4. The van der Waals surface area contributed by atoms with Gasteiger partial charge in [-0.2, -0.15) is 8.42 Å². The Kier molecular flexibility index (Phi) is 4.91. The van der Waals surface area contributed by atoms with E-state index in [0.29, 0.717) is 6.42 Å². The van der Waals surface area contributed by atoms with Crippen molar-refractivity contribution in [1.29, 1.82) is 0 Å². The third-order valence-corrected chi connectivity index (χ3v) is 5.36. The molecule has 1 heterocycles. The second kappa shape index (κ2) is 6.41. The molecule has 1 atom stereocenters. The second-order valence-electron chi connectivity index (χ2n) is 6.14. The number of hydrogen-bond donors (Lipinski definition) is 2. The van der Waals surface area contributed by atoms with Crippen LogP contribution in [0.1, 0.15) is 51.5 Å². The van der Waals surface area contributed by atoms with E-state index >= 15 is 0 Å². The van der Waals surface area contributed by atoms with Gasteiger partial charge in [0, 0.05) is 17.5 Å². The van der Waals surface area contributed by atoms with Crippen molar-refractivity contribution in [1.82, 2.24) is 0 Å². The standard InChI is InChI=1S/C16H21NO5S/c1-11-16(2,9-5-3-4-6-15(18)19)13-10-12(23(20,21)22)7-8-14(13)17-11/h7-8,10H,3-6,9H2,1-2H3,(H,18,19)(H,20,21,22). The molecule has 0 spiro atoms. The summed E-state index contributed by atoms with van der Waals surface area (Å²) < 4.78 is 31.9. The molecular weight excluding hydrogens is 318 g/mol. The zero-order valence-electron chi connectivity index (χ0n) is 13.2. The van der Waals surface area contributed by atoms with Gasteiger partial charge in [0.05, 0.1) is 10.6 Å². The van der Waals surface area contributed by atoms with Crippen molar-refractivity contribution in [3.63, 3.8) is 0 Å². The monoisotopic (exact) mass is 339 g/mol. The number of carbonyl (C=O) groups is 1. The van der Waals surface area contributed by atoms with Crippen molar-refractivity contribution in [2.75, 3.05) is 0 Å². The summed E-state index contributed by atoms with van der Waals surface area (Å²) in [5.74, 6) is -0.794. The van der Waals surface area contributed by atoms with E-state index in [9.17, 15) is 17.8 Å². The summed E-state index contributed by atoms with van der Waals surface area (Å²) in [7, 11) is -4.25. The number of aliphatic carboxylic acids is 1. The van der Waals surface area contributed by atoms with Crippen molar-refractivity contribution >= 4 is 27.5 Å². The third-order valence-electron chi connectivity index (χ3n) is 4.51. The molecule has 23 heavy (non-hydrogen) atoms. The molecule has 1 unspecified atom stereocenters. The van der Waals surface area contributed by atoms with Crippen LogP contribution in [0, 0.1) is 0 Å². The molecule has 0 aromatic heterocycles. The average Bonchev–Trinajstić information content (AvgIpc) is 2.69. The lowest BCUT2D eigenvalue weighted by Gasteiger charge is -2.26. The van der Waals surface area contributed by atoms with Crippen molar-refractivity contribution < 1.29 is 22.9 Å². The first-order valence-electron chi connectivity index (χ1n) is 7.54. The Balaban J connectivity index is 2.17. The summed E-state index contributed by atoms with van der Waals surface area (Å²) in [4.78, 5) is 14.9. The van der Waals surface area contributed by atoms with Crippen molar-refractivity contribution in [3.8, 4) is 0 Å². The van der Waals surface area contributed by atoms with Crippen molar-refractivity contribution in [3.05, 3.63) is 23.8 Å². The Hall–Kier alpha value is -1.73. The lowest BCUT2D eigenvalue weighted by Crippen LogP contribution is -2.27. The predicted octanol–water partition coefficient (Wildman–Crippen LogP) is 3.33. The number of unbranched alkanes of at least 4 members (excludes halogenated alkanes) is 2. The van der Waals surface area contributed by atoms with E-state index in [-0.39, 0.29) is 16.7 Å². The number of benzene rings is 1. The highest BCUT2D eigenvalue weighted by atomic mass is 32.2. The van der Waals surface area contributed by atoms with E-state index in [1.165, 1.54) is 12.1 Å². The minimum Gasteiger partial charge on any atom is -0.481 e. The lowest BCUT2D eigenvalue weighted by molar-refractivity contribution is -0.137. The third kappa shape index (κ3) is 3.79. The number of rotatable bonds is 7. The molecule has 1 aromatic rings. The molecule has 0 saturated carbocycles. The number of carboxylic acid groups (broad SMARTS) is 1. The van der Waals surface area contributed by atoms with Crippen LogP contribution in [0.15, 0.2) is 28.1 Å².